The van der Waals surface area contributed by atoms with Crippen molar-refractivity contribution >= 4 is 27.3 Å². The molecule has 2 aliphatic rings. The molecule has 1 aliphatic heterocycles. The van der Waals surface area contributed by atoms with E-state index in [0.717, 1.165) is 6.54 Å². The predicted molar refractivity (Wildman–Crippen MR) is 76.8 cm³/mol. The fraction of sp³-hybridized carbons (Fsp3) is 0.571. The summed E-state index contributed by atoms with van der Waals surface area (Å²) in [5.74, 6) is 0. The van der Waals surface area contributed by atoms with Crippen molar-refractivity contribution in [2.24, 2.45) is 0 Å². The maximum absolute atomic E-state index is 3.60. The molecule has 17 heavy (non-hydrogen) atoms. The van der Waals surface area contributed by atoms with Crippen molar-refractivity contribution in [2.75, 3.05) is 16.8 Å². The molecule has 0 atom stereocenters. The topological polar surface area (TPSA) is 15.3 Å². The Balaban J connectivity index is 2.08. The van der Waals surface area contributed by atoms with Crippen LogP contribution in [0.4, 0.5) is 11.4 Å². The molecule has 92 valence electrons. The second-order valence-corrected chi connectivity index (χ2v) is 6.47. The van der Waals surface area contributed by atoms with Crippen LogP contribution in [-0.4, -0.2) is 18.1 Å². The van der Waals surface area contributed by atoms with Gasteiger partial charge in [-0.25, -0.2) is 0 Å². The third-order valence-electron chi connectivity index (χ3n) is 4.14. The molecule has 1 fully saturated rings. The molecule has 1 heterocycles. The average Bonchev–Trinajstić information content (AvgIpc) is 2.24. The van der Waals surface area contributed by atoms with E-state index >= 15 is 0 Å². The Morgan fingerprint density at radius 1 is 1.35 bits per heavy atom. The summed E-state index contributed by atoms with van der Waals surface area (Å²) in [6, 6.07) is 7.11. The minimum atomic E-state index is 0.377. The van der Waals surface area contributed by atoms with Gasteiger partial charge in [-0.05, 0) is 51.3 Å². The van der Waals surface area contributed by atoms with E-state index < -0.39 is 0 Å². The average molecular weight is 295 g/mol. The molecule has 0 amide bonds. The lowest BCUT2D eigenvalue weighted by molar-refractivity contribution is 0.226. The first kappa shape index (κ1) is 11.4. The monoisotopic (exact) mass is 294 g/mol. The van der Waals surface area contributed by atoms with Crippen LogP contribution in [0.25, 0.3) is 0 Å². The summed E-state index contributed by atoms with van der Waals surface area (Å²) >= 11 is 3.59. The smallest absolute Gasteiger partial charge is 0.0620 e. The van der Waals surface area contributed by atoms with E-state index in [1.54, 1.807) is 0 Å². The van der Waals surface area contributed by atoms with Gasteiger partial charge >= 0.3 is 0 Å². The number of rotatable bonds is 1. The lowest BCUT2D eigenvalue weighted by Gasteiger charge is -2.56. The summed E-state index contributed by atoms with van der Waals surface area (Å²) < 4.78 is 1.17. The molecule has 3 heteroatoms. The van der Waals surface area contributed by atoms with Gasteiger partial charge in [0.2, 0.25) is 0 Å². The number of nitrogens with one attached hydrogen (secondary N) is 1. The van der Waals surface area contributed by atoms with Gasteiger partial charge in [-0.15, -0.1) is 0 Å². The first-order chi connectivity index (χ1) is 8.12. The van der Waals surface area contributed by atoms with Crippen molar-refractivity contribution < 1.29 is 0 Å². The van der Waals surface area contributed by atoms with Crippen molar-refractivity contribution in [3.8, 4) is 0 Å². The molecule has 0 unspecified atom stereocenters. The number of hydrogen-bond acceptors (Lipinski definition) is 2. The van der Waals surface area contributed by atoms with Gasteiger partial charge in [-0.3, -0.25) is 0 Å². The molecule has 1 spiro atoms. The Labute approximate surface area is 112 Å². The van der Waals surface area contributed by atoms with Crippen LogP contribution in [0.5, 0.6) is 0 Å². The standard InChI is InChI=1S/C14H19BrN2/c1-10(2)17-13-8-11(15)4-5-12(13)16-9-14(17)6-3-7-14/h4-5,8,10,16H,3,6-7,9H2,1-2H3. The summed E-state index contributed by atoms with van der Waals surface area (Å²) in [5.41, 5.74) is 3.02. The van der Waals surface area contributed by atoms with Crippen molar-refractivity contribution in [3.05, 3.63) is 22.7 Å². The minimum Gasteiger partial charge on any atom is -0.381 e. The molecule has 0 bridgehead atoms. The van der Waals surface area contributed by atoms with Crippen LogP contribution in [0, 0.1) is 0 Å². The summed E-state index contributed by atoms with van der Waals surface area (Å²) in [6.07, 6.45) is 4.02. The lowest BCUT2D eigenvalue weighted by atomic mass is 9.73. The molecule has 1 aromatic rings. The van der Waals surface area contributed by atoms with Gasteiger partial charge in [0, 0.05) is 17.1 Å². The van der Waals surface area contributed by atoms with Gasteiger partial charge in [0.25, 0.3) is 0 Å². The zero-order valence-electron chi connectivity index (χ0n) is 10.5. The number of halogens is 1. The molecule has 1 aromatic carbocycles. The van der Waals surface area contributed by atoms with Crippen LogP contribution < -0.4 is 10.2 Å². The number of benzene rings is 1. The summed E-state index contributed by atoms with van der Waals surface area (Å²) in [7, 11) is 0. The molecule has 2 nitrogen and oxygen atoms in total. The number of fused-ring (bicyclic) bond motifs is 1. The van der Waals surface area contributed by atoms with Crippen molar-refractivity contribution in [2.45, 2.75) is 44.7 Å². The maximum Gasteiger partial charge on any atom is 0.0620 e. The van der Waals surface area contributed by atoms with Crippen molar-refractivity contribution in [1.29, 1.82) is 0 Å². The molecule has 1 N–H and O–H groups in total. The minimum absolute atomic E-state index is 0.377. The summed E-state index contributed by atoms with van der Waals surface area (Å²) in [5, 5.41) is 3.60. The molecule has 0 aromatic heterocycles. The molecule has 0 radical (unpaired) electrons. The first-order valence-electron chi connectivity index (χ1n) is 6.45. The highest BCUT2D eigenvalue weighted by molar-refractivity contribution is 9.10. The highest BCUT2D eigenvalue weighted by atomic mass is 79.9. The van der Waals surface area contributed by atoms with Gasteiger partial charge in [0.05, 0.1) is 16.9 Å². The molecule has 3 rings (SSSR count). The molecule has 1 saturated carbocycles. The Bertz CT molecular complexity index is 438. The molecular formula is C14H19BrN2. The van der Waals surface area contributed by atoms with Gasteiger partial charge < -0.3 is 10.2 Å². The van der Waals surface area contributed by atoms with E-state index in [2.05, 4.69) is 58.2 Å². The fourth-order valence-corrected chi connectivity index (χ4v) is 3.63. The van der Waals surface area contributed by atoms with E-state index in [1.165, 1.54) is 35.1 Å². The van der Waals surface area contributed by atoms with Crippen LogP contribution in [0.3, 0.4) is 0 Å². The van der Waals surface area contributed by atoms with Crippen LogP contribution in [-0.2, 0) is 0 Å². The SMILES string of the molecule is CC(C)N1c2cc(Br)ccc2NCC12CCC2. The Morgan fingerprint density at radius 3 is 2.71 bits per heavy atom. The van der Waals surface area contributed by atoms with Crippen molar-refractivity contribution in [3.63, 3.8) is 0 Å². The highest BCUT2D eigenvalue weighted by Crippen LogP contribution is 2.47. The second-order valence-electron chi connectivity index (χ2n) is 5.56. The molecular weight excluding hydrogens is 276 g/mol. The van der Waals surface area contributed by atoms with Gasteiger partial charge in [-0.2, -0.15) is 0 Å². The van der Waals surface area contributed by atoms with Crippen LogP contribution in [0.2, 0.25) is 0 Å². The number of hydrogen-bond donors (Lipinski definition) is 1. The van der Waals surface area contributed by atoms with E-state index in [4.69, 9.17) is 0 Å². The highest BCUT2D eigenvalue weighted by Gasteiger charge is 2.46. The van der Waals surface area contributed by atoms with Crippen LogP contribution in [0.1, 0.15) is 33.1 Å². The summed E-state index contributed by atoms with van der Waals surface area (Å²) in [4.78, 5) is 2.63. The van der Waals surface area contributed by atoms with Crippen LogP contribution >= 0.6 is 15.9 Å². The predicted octanol–water partition coefficient (Wildman–Crippen LogP) is 4.01. The zero-order chi connectivity index (χ0) is 12.0. The van der Waals surface area contributed by atoms with E-state index in [-0.39, 0.29) is 0 Å². The van der Waals surface area contributed by atoms with Gasteiger partial charge in [-0.1, -0.05) is 15.9 Å². The fourth-order valence-electron chi connectivity index (χ4n) is 3.28. The normalized spacial score (nSPS) is 21.1. The Kier molecular flexibility index (Phi) is 2.62. The zero-order valence-corrected chi connectivity index (χ0v) is 12.0. The third kappa shape index (κ3) is 1.67. The molecule has 0 saturated heterocycles. The summed E-state index contributed by atoms with van der Waals surface area (Å²) in [6.45, 7) is 5.70. The maximum atomic E-state index is 3.60. The largest absolute Gasteiger partial charge is 0.381 e. The third-order valence-corrected chi connectivity index (χ3v) is 4.63. The van der Waals surface area contributed by atoms with Gasteiger partial charge in [0.1, 0.15) is 0 Å². The lowest BCUT2D eigenvalue weighted by Crippen LogP contribution is -2.62. The second kappa shape index (κ2) is 3.91. The first-order valence-corrected chi connectivity index (χ1v) is 7.24. The Hall–Kier alpha value is -0.700. The van der Waals surface area contributed by atoms with Crippen molar-refractivity contribution in [1.82, 2.24) is 0 Å². The van der Waals surface area contributed by atoms with E-state index in [9.17, 15) is 0 Å². The van der Waals surface area contributed by atoms with Gasteiger partial charge in [0.15, 0.2) is 0 Å². The Morgan fingerprint density at radius 2 is 2.12 bits per heavy atom. The number of nitrogens with zero attached hydrogens (tertiary/aromatic N) is 1. The number of anilines is 2. The van der Waals surface area contributed by atoms with E-state index in [1.807, 2.05) is 0 Å². The van der Waals surface area contributed by atoms with Crippen LogP contribution in [0.15, 0.2) is 22.7 Å². The quantitative estimate of drug-likeness (QED) is 0.842. The molecule has 1 aliphatic carbocycles. The van der Waals surface area contributed by atoms with E-state index in [0.29, 0.717) is 11.6 Å².